The highest BCUT2D eigenvalue weighted by Crippen LogP contribution is 2.47. The summed E-state index contributed by atoms with van der Waals surface area (Å²) >= 11 is 12.9. The Morgan fingerprint density at radius 2 is 1.71 bits per heavy atom. The number of piperidine rings is 1. The van der Waals surface area contributed by atoms with Crippen molar-refractivity contribution in [2.45, 2.75) is 61.8 Å². The van der Waals surface area contributed by atoms with Gasteiger partial charge in [-0.15, -0.1) is 0 Å². The molecule has 0 unspecified atom stereocenters. The summed E-state index contributed by atoms with van der Waals surface area (Å²) in [5.41, 5.74) is 2.31. The second kappa shape index (κ2) is 10.0. The number of carbonyl (C=O) groups excluding carboxylic acids is 2. The first kappa shape index (κ1) is 26.8. The standard InChI is InChI=1S/C29H27Cl2N3O6S/c30-21-2-1-3-22(31)24(21)26-25(27(40-32-26)15-4-5-15)29(36)39-23-13-19-12-17(23)14-34(19)18-8-6-16(7-9-18)28(35)33-41(37,38)20-10-11-20/h1-3,6-9,15,17,19-20,23H,4-5,10-14H2,(H,33,35)/t17-,19-,23+/m0/s1. The molecule has 2 bridgehead atoms. The molecule has 1 aromatic heterocycles. The van der Waals surface area contributed by atoms with Gasteiger partial charge in [-0.3, -0.25) is 4.79 Å². The van der Waals surface area contributed by atoms with Gasteiger partial charge in [0.1, 0.15) is 17.4 Å². The molecule has 1 amide bonds. The van der Waals surface area contributed by atoms with Gasteiger partial charge in [0.15, 0.2) is 5.76 Å². The highest BCUT2D eigenvalue weighted by Gasteiger charge is 2.48. The first-order chi connectivity index (χ1) is 19.7. The summed E-state index contributed by atoms with van der Waals surface area (Å²) in [6, 6.07) is 12.3. The van der Waals surface area contributed by atoms with Crippen LogP contribution in [0.3, 0.4) is 0 Å². The van der Waals surface area contributed by atoms with E-state index in [2.05, 4.69) is 14.8 Å². The molecule has 4 aliphatic rings. The van der Waals surface area contributed by atoms with Crippen molar-refractivity contribution in [3.8, 4) is 11.3 Å². The van der Waals surface area contributed by atoms with Crippen molar-refractivity contribution < 1.29 is 27.3 Å². The molecule has 41 heavy (non-hydrogen) atoms. The van der Waals surface area contributed by atoms with E-state index in [4.69, 9.17) is 32.5 Å². The molecule has 0 radical (unpaired) electrons. The predicted octanol–water partition coefficient (Wildman–Crippen LogP) is 5.57. The lowest BCUT2D eigenvalue weighted by Gasteiger charge is -2.33. The molecule has 3 atom stereocenters. The number of nitrogens with one attached hydrogen (secondary N) is 1. The normalized spacial score (nSPS) is 23.6. The maximum atomic E-state index is 13.6. The Hall–Kier alpha value is -3.08. The summed E-state index contributed by atoms with van der Waals surface area (Å²) in [6.07, 6.45) is 4.32. The van der Waals surface area contributed by atoms with Gasteiger partial charge < -0.3 is 14.2 Å². The van der Waals surface area contributed by atoms with Crippen LogP contribution in [0.2, 0.25) is 10.0 Å². The highest BCUT2D eigenvalue weighted by atomic mass is 35.5. The first-order valence-electron chi connectivity index (χ1n) is 13.8. The van der Waals surface area contributed by atoms with Crippen LogP contribution in [0.25, 0.3) is 11.3 Å². The zero-order valence-corrected chi connectivity index (χ0v) is 24.2. The number of benzene rings is 2. The number of anilines is 1. The average molecular weight is 617 g/mol. The Balaban J connectivity index is 1.04. The minimum Gasteiger partial charge on any atom is -0.458 e. The van der Waals surface area contributed by atoms with E-state index in [1.165, 1.54) is 0 Å². The average Bonchev–Trinajstić information content (AvgIpc) is 3.86. The van der Waals surface area contributed by atoms with Crippen LogP contribution in [-0.4, -0.2) is 49.4 Å². The smallest absolute Gasteiger partial charge is 0.344 e. The van der Waals surface area contributed by atoms with Crippen LogP contribution in [0.5, 0.6) is 0 Å². The Kier molecular flexibility index (Phi) is 6.55. The molecule has 0 spiro atoms. The van der Waals surface area contributed by atoms with Gasteiger partial charge in [0, 0.05) is 47.7 Å². The lowest BCUT2D eigenvalue weighted by atomic mass is 10.0. The second-order valence-corrected chi connectivity index (χ2v) is 14.1. The van der Waals surface area contributed by atoms with Gasteiger partial charge in [-0.05, 0) is 68.5 Å². The van der Waals surface area contributed by atoms with Gasteiger partial charge in [0.25, 0.3) is 5.91 Å². The molecule has 9 nitrogen and oxygen atoms in total. The van der Waals surface area contributed by atoms with E-state index >= 15 is 0 Å². The largest absolute Gasteiger partial charge is 0.458 e. The van der Waals surface area contributed by atoms with Crippen LogP contribution in [0, 0.1) is 5.92 Å². The molecule has 3 aromatic rings. The second-order valence-electron chi connectivity index (χ2n) is 11.3. The number of aromatic nitrogens is 1. The van der Waals surface area contributed by atoms with E-state index in [9.17, 15) is 18.0 Å². The maximum Gasteiger partial charge on any atom is 0.344 e. The minimum absolute atomic E-state index is 0.134. The Labute approximate surface area is 247 Å². The van der Waals surface area contributed by atoms with Gasteiger partial charge in [-0.25, -0.2) is 17.9 Å². The number of esters is 1. The number of carbonyl (C=O) groups is 2. The quantitative estimate of drug-likeness (QED) is 0.327. The number of sulfonamides is 1. The summed E-state index contributed by atoms with van der Waals surface area (Å²) < 4.78 is 38.1. The maximum absolute atomic E-state index is 13.6. The van der Waals surface area contributed by atoms with Crippen molar-refractivity contribution in [3.05, 3.63) is 69.4 Å². The molecule has 12 heteroatoms. The molecular formula is C29H27Cl2N3O6S. The van der Waals surface area contributed by atoms with Crippen molar-refractivity contribution in [3.63, 3.8) is 0 Å². The molecule has 1 N–H and O–H groups in total. The van der Waals surface area contributed by atoms with E-state index in [1.807, 2.05) is 12.1 Å². The van der Waals surface area contributed by atoms with Crippen molar-refractivity contribution in [2.24, 2.45) is 5.92 Å². The van der Waals surface area contributed by atoms with E-state index in [1.54, 1.807) is 30.3 Å². The fraction of sp³-hybridized carbons (Fsp3) is 0.414. The Morgan fingerprint density at radius 1 is 1.00 bits per heavy atom. The number of halogens is 2. The first-order valence-corrected chi connectivity index (χ1v) is 16.1. The molecule has 1 aliphatic heterocycles. The fourth-order valence-electron chi connectivity index (χ4n) is 6.04. The van der Waals surface area contributed by atoms with E-state index in [-0.39, 0.29) is 24.0 Å². The van der Waals surface area contributed by atoms with Gasteiger partial charge >= 0.3 is 5.97 Å². The number of hydrogen-bond donors (Lipinski definition) is 1. The van der Waals surface area contributed by atoms with Crippen molar-refractivity contribution in [1.82, 2.24) is 9.88 Å². The molecule has 3 aliphatic carbocycles. The zero-order chi connectivity index (χ0) is 28.5. The summed E-state index contributed by atoms with van der Waals surface area (Å²) in [5.74, 6) is -0.281. The summed E-state index contributed by atoms with van der Waals surface area (Å²) in [4.78, 5) is 28.3. The van der Waals surface area contributed by atoms with Crippen LogP contribution >= 0.6 is 23.2 Å². The van der Waals surface area contributed by atoms with Gasteiger partial charge in [0.2, 0.25) is 10.0 Å². The van der Waals surface area contributed by atoms with E-state index in [0.29, 0.717) is 64.0 Å². The lowest BCUT2D eigenvalue weighted by molar-refractivity contribution is 0.0191. The van der Waals surface area contributed by atoms with Crippen molar-refractivity contribution in [1.29, 1.82) is 0 Å². The molecule has 1 saturated heterocycles. The molecular weight excluding hydrogens is 589 g/mol. The van der Waals surface area contributed by atoms with Gasteiger partial charge in [-0.2, -0.15) is 0 Å². The third kappa shape index (κ3) is 5.00. The Bertz CT molecular complexity index is 1630. The highest BCUT2D eigenvalue weighted by molar-refractivity contribution is 7.91. The molecule has 3 saturated carbocycles. The third-order valence-electron chi connectivity index (χ3n) is 8.47. The monoisotopic (exact) mass is 615 g/mol. The third-order valence-corrected chi connectivity index (χ3v) is 10.9. The molecule has 214 valence electrons. The number of fused-ring (bicyclic) bond motifs is 2. The summed E-state index contributed by atoms with van der Waals surface area (Å²) in [5, 5.41) is 4.50. The number of nitrogens with zero attached hydrogens (tertiary/aromatic N) is 2. The summed E-state index contributed by atoms with van der Waals surface area (Å²) in [7, 11) is -3.60. The Morgan fingerprint density at radius 3 is 2.32 bits per heavy atom. The molecule has 2 aromatic carbocycles. The topological polar surface area (TPSA) is 119 Å². The zero-order valence-electron chi connectivity index (χ0n) is 21.9. The van der Waals surface area contributed by atoms with E-state index < -0.39 is 27.1 Å². The van der Waals surface area contributed by atoms with Gasteiger partial charge in [-0.1, -0.05) is 34.4 Å². The van der Waals surface area contributed by atoms with Crippen LogP contribution < -0.4 is 9.62 Å². The van der Waals surface area contributed by atoms with Crippen LogP contribution in [0.1, 0.15) is 70.9 Å². The van der Waals surface area contributed by atoms with Crippen LogP contribution in [-0.2, 0) is 14.8 Å². The van der Waals surface area contributed by atoms with Gasteiger partial charge in [0.05, 0.1) is 15.3 Å². The molecule has 7 rings (SSSR count). The van der Waals surface area contributed by atoms with Crippen molar-refractivity contribution >= 4 is 50.8 Å². The molecule has 4 fully saturated rings. The fourth-order valence-corrected chi connectivity index (χ4v) is 7.91. The summed E-state index contributed by atoms with van der Waals surface area (Å²) in [6.45, 7) is 0.701. The van der Waals surface area contributed by atoms with Crippen LogP contribution in [0.4, 0.5) is 5.69 Å². The molecule has 2 heterocycles. The van der Waals surface area contributed by atoms with Crippen molar-refractivity contribution in [2.75, 3.05) is 11.4 Å². The lowest BCUT2D eigenvalue weighted by Crippen LogP contribution is -2.39. The minimum atomic E-state index is -3.60. The SMILES string of the molecule is O=C(NS(=O)(=O)C1CC1)c1ccc(N2C[C@@H]3C[C@H]2C[C@H]3OC(=O)c2c(-c3c(Cl)cccc3Cl)noc2C2CC2)cc1. The predicted molar refractivity (Wildman–Crippen MR) is 153 cm³/mol. The number of amides is 1. The number of ether oxygens (including phenoxy) is 1. The van der Waals surface area contributed by atoms with Crippen LogP contribution in [0.15, 0.2) is 47.0 Å². The number of rotatable bonds is 8. The number of hydrogen-bond acceptors (Lipinski definition) is 8. The van der Waals surface area contributed by atoms with E-state index in [0.717, 1.165) is 24.9 Å².